The Morgan fingerprint density at radius 3 is 2.43 bits per heavy atom. The first-order valence-electron chi connectivity index (χ1n) is 7.72. The molecule has 0 radical (unpaired) electrons. The highest BCUT2D eigenvalue weighted by Gasteiger charge is 2.53. The van der Waals surface area contributed by atoms with Gasteiger partial charge in [-0.15, -0.1) is 0 Å². The van der Waals surface area contributed by atoms with Crippen LogP contribution in [0.3, 0.4) is 0 Å². The Hall–Kier alpha value is -0.910. The van der Waals surface area contributed by atoms with Crippen molar-refractivity contribution in [2.75, 3.05) is 7.05 Å². The first-order chi connectivity index (χ1) is 10.1. The summed E-state index contributed by atoms with van der Waals surface area (Å²) < 4.78 is 17.8. The van der Waals surface area contributed by atoms with Gasteiger partial charge in [-0.3, -0.25) is 0 Å². The zero-order valence-corrected chi connectivity index (χ0v) is 13.2. The molecule has 0 heterocycles. The molecule has 0 aliphatic heterocycles. The Balaban J connectivity index is 2.07. The number of nitrogens with two attached hydrogens (primary N) is 1. The molecule has 2 aliphatic carbocycles. The van der Waals surface area contributed by atoms with Gasteiger partial charge in [-0.25, -0.2) is 8.57 Å². The van der Waals surface area contributed by atoms with Crippen molar-refractivity contribution in [2.24, 2.45) is 21.9 Å². The normalized spacial score (nSPS) is 38.5. The minimum absolute atomic E-state index is 0.222. The quantitative estimate of drug-likeness (QED) is 0.877. The zero-order chi connectivity index (χ0) is 15.0. The van der Waals surface area contributed by atoms with Crippen molar-refractivity contribution in [1.29, 1.82) is 0 Å². The molecule has 21 heavy (non-hydrogen) atoms. The predicted octanol–water partition coefficient (Wildman–Crippen LogP) is 2.02. The molecule has 116 valence electrons. The molecule has 0 saturated heterocycles. The van der Waals surface area contributed by atoms with Gasteiger partial charge < -0.3 is 10.8 Å². The van der Waals surface area contributed by atoms with Crippen LogP contribution in [0.4, 0.5) is 0 Å². The Morgan fingerprint density at radius 2 is 1.81 bits per heavy atom. The van der Waals surface area contributed by atoms with Crippen molar-refractivity contribution in [3.05, 3.63) is 30.3 Å². The molecule has 2 aliphatic rings. The van der Waals surface area contributed by atoms with Crippen molar-refractivity contribution in [2.45, 2.75) is 48.0 Å². The number of nitrogens with zero attached hydrogens (tertiary/aromatic N) is 1. The molecule has 0 amide bonds. The van der Waals surface area contributed by atoms with Gasteiger partial charge >= 0.3 is 0 Å². The third-order valence-corrected chi connectivity index (χ3v) is 8.10. The molecule has 1 unspecified atom stereocenters. The van der Waals surface area contributed by atoms with E-state index in [9.17, 15) is 9.32 Å². The third-order valence-electron chi connectivity index (χ3n) is 5.24. The van der Waals surface area contributed by atoms with Crippen molar-refractivity contribution >= 4 is 9.73 Å². The van der Waals surface area contributed by atoms with Crippen LogP contribution in [-0.2, 0) is 9.73 Å². The Kier molecular flexibility index (Phi) is 4.08. The molecule has 3 N–H and O–H groups in total. The van der Waals surface area contributed by atoms with E-state index in [0.29, 0.717) is 0 Å². The predicted molar refractivity (Wildman–Crippen MR) is 84.4 cm³/mol. The van der Waals surface area contributed by atoms with Gasteiger partial charge in [0.2, 0.25) is 0 Å². The fourth-order valence-electron chi connectivity index (χ4n) is 4.23. The average molecular weight is 308 g/mol. The van der Waals surface area contributed by atoms with Crippen LogP contribution in [0.5, 0.6) is 0 Å². The molecule has 0 bridgehead atoms. The summed E-state index contributed by atoms with van der Waals surface area (Å²) in [5, 5.41) is 10.3. The van der Waals surface area contributed by atoms with E-state index in [-0.39, 0.29) is 23.1 Å². The summed E-state index contributed by atoms with van der Waals surface area (Å²) in [6.45, 7) is 0. The smallest absolute Gasteiger partial charge is 0.0852 e. The van der Waals surface area contributed by atoms with E-state index in [2.05, 4.69) is 4.36 Å². The van der Waals surface area contributed by atoms with Gasteiger partial charge in [-0.05, 0) is 36.8 Å². The number of hydrogen-bond acceptors (Lipinski definition) is 4. The maximum Gasteiger partial charge on any atom is 0.0852 e. The summed E-state index contributed by atoms with van der Waals surface area (Å²) in [5.74, 6) is 0.505. The Bertz CT molecular complexity index is 610. The summed E-state index contributed by atoms with van der Waals surface area (Å²) in [4.78, 5) is 0.718. The maximum atomic E-state index is 13.6. The molecular formula is C16H24N2O2S. The molecule has 1 aromatic carbocycles. The summed E-state index contributed by atoms with van der Waals surface area (Å²) >= 11 is 0. The highest BCUT2D eigenvalue weighted by atomic mass is 32.2. The Labute approximate surface area is 126 Å². The fraction of sp³-hybridized carbons (Fsp3) is 0.625. The van der Waals surface area contributed by atoms with Gasteiger partial charge in [0.25, 0.3) is 0 Å². The second-order valence-corrected chi connectivity index (χ2v) is 8.73. The van der Waals surface area contributed by atoms with E-state index >= 15 is 0 Å². The summed E-state index contributed by atoms with van der Waals surface area (Å²) in [6.07, 6.45) is 3.59. The molecule has 0 spiro atoms. The second kappa shape index (κ2) is 5.71. The van der Waals surface area contributed by atoms with Gasteiger partial charge in [0.05, 0.1) is 21.1 Å². The molecule has 4 nitrogen and oxygen atoms in total. The van der Waals surface area contributed by atoms with Crippen molar-refractivity contribution in [3.8, 4) is 0 Å². The largest absolute Gasteiger partial charge is 0.390 e. The van der Waals surface area contributed by atoms with Crippen LogP contribution in [0.1, 0.15) is 25.7 Å². The molecule has 1 aromatic rings. The van der Waals surface area contributed by atoms with Gasteiger partial charge in [0, 0.05) is 18.0 Å². The van der Waals surface area contributed by atoms with Crippen molar-refractivity contribution in [1.82, 2.24) is 0 Å². The van der Waals surface area contributed by atoms with Gasteiger partial charge in [0.1, 0.15) is 0 Å². The van der Waals surface area contributed by atoms with E-state index in [0.717, 1.165) is 30.6 Å². The zero-order valence-electron chi connectivity index (χ0n) is 12.4. The molecule has 6 atom stereocenters. The van der Waals surface area contributed by atoms with E-state index in [1.165, 1.54) is 0 Å². The van der Waals surface area contributed by atoms with Crippen LogP contribution in [0, 0.1) is 11.8 Å². The first-order valence-corrected chi connectivity index (χ1v) is 9.30. The lowest BCUT2D eigenvalue weighted by molar-refractivity contribution is 0.157. The SMILES string of the molecule is CN=S(=O)(c1ccccc1)[C@H]1[C@H](O)[C@@H](N)[C@@H]2CCCC[C@@H]21. The number of rotatable bonds is 2. The molecule has 2 fully saturated rings. The molecule has 2 saturated carbocycles. The summed E-state index contributed by atoms with van der Waals surface area (Å²) in [7, 11) is -1.04. The van der Waals surface area contributed by atoms with Gasteiger partial charge in [-0.1, -0.05) is 31.0 Å². The van der Waals surface area contributed by atoms with Crippen LogP contribution in [0.2, 0.25) is 0 Å². The Morgan fingerprint density at radius 1 is 1.19 bits per heavy atom. The van der Waals surface area contributed by atoms with Crippen LogP contribution in [0.15, 0.2) is 39.6 Å². The van der Waals surface area contributed by atoms with E-state index in [4.69, 9.17) is 5.73 Å². The lowest BCUT2D eigenvalue weighted by atomic mass is 9.80. The minimum Gasteiger partial charge on any atom is -0.390 e. The molecule has 3 rings (SSSR count). The highest BCUT2D eigenvalue weighted by molar-refractivity contribution is 7.94. The molecule has 5 heteroatoms. The van der Waals surface area contributed by atoms with Crippen molar-refractivity contribution in [3.63, 3.8) is 0 Å². The standard InChI is InChI=1S/C16H24N2O2S/c1-18-21(20,11-7-3-2-4-8-11)16-13-10-6-5-9-12(13)14(17)15(16)19/h2-4,7-8,12-16,19H,5-6,9-10,17H2,1H3/t12-,13+,14+,15-,16-,21?/m1/s1. The van der Waals surface area contributed by atoms with Crippen LogP contribution < -0.4 is 5.73 Å². The van der Waals surface area contributed by atoms with Gasteiger partial charge in [0.15, 0.2) is 0 Å². The van der Waals surface area contributed by atoms with Crippen molar-refractivity contribution < 1.29 is 9.32 Å². The summed E-state index contributed by atoms with van der Waals surface area (Å²) in [5.41, 5.74) is 6.24. The van der Waals surface area contributed by atoms with E-state index in [1.807, 2.05) is 30.3 Å². The summed E-state index contributed by atoms with van der Waals surface area (Å²) in [6, 6.07) is 9.08. The van der Waals surface area contributed by atoms with Gasteiger partial charge in [-0.2, -0.15) is 0 Å². The first kappa shape index (κ1) is 15.0. The monoisotopic (exact) mass is 308 g/mol. The topological polar surface area (TPSA) is 75.7 Å². The second-order valence-electron chi connectivity index (χ2n) is 6.21. The fourth-order valence-corrected chi connectivity index (χ4v) is 6.91. The highest BCUT2D eigenvalue weighted by Crippen LogP contribution is 2.46. The van der Waals surface area contributed by atoms with Crippen LogP contribution >= 0.6 is 0 Å². The third kappa shape index (κ3) is 2.31. The van der Waals surface area contributed by atoms with E-state index < -0.39 is 15.8 Å². The number of aliphatic hydroxyl groups excluding tert-OH is 1. The molecular weight excluding hydrogens is 284 g/mol. The lowest BCUT2D eigenvalue weighted by Gasteiger charge is -2.31. The van der Waals surface area contributed by atoms with Crippen LogP contribution in [0.25, 0.3) is 0 Å². The number of fused-ring (bicyclic) bond motifs is 1. The average Bonchev–Trinajstić information content (AvgIpc) is 2.80. The lowest BCUT2D eigenvalue weighted by Crippen LogP contribution is -2.41. The van der Waals surface area contributed by atoms with Crippen LogP contribution in [-0.4, -0.2) is 33.8 Å². The number of aliphatic hydroxyl groups is 1. The van der Waals surface area contributed by atoms with E-state index in [1.54, 1.807) is 7.05 Å². The number of hydrogen-bond donors (Lipinski definition) is 2. The minimum atomic E-state index is -2.64. The molecule has 0 aromatic heterocycles. The maximum absolute atomic E-state index is 13.6. The number of benzene rings is 1.